The Morgan fingerprint density at radius 1 is 1.47 bits per heavy atom. The average molecular weight is 237 g/mol. The van der Waals surface area contributed by atoms with Crippen LogP contribution >= 0.6 is 0 Å². The third kappa shape index (κ3) is 3.46. The molecule has 0 atom stereocenters. The standard InChI is InChI=1S/C13H19NO3/c1-4-13(2,3)17-8-9-6-5-7-10(11(9)14)12(15)16/h5-7H,4,8,14H2,1-3H3,(H,15,16). The fraction of sp³-hybridized carbons (Fsp3) is 0.462. The lowest BCUT2D eigenvalue weighted by molar-refractivity contribution is -0.0313. The number of rotatable bonds is 5. The van der Waals surface area contributed by atoms with Gasteiger partial charge in [-0.05, 0) is 26.3 Å². The minimum Gasteiger partial charge on any atom is -0.478 e. The van der Waals surface area contributed by atoms with Crippen molar-refractivity contribution >= 4 is 11.7 Å². The number of hydrogen-bond donors (Lipinski definition) is 2. The molecule has 94 valence electrons. The van der Waals surface area contributed by atoms with Gasteiger partial charge < -0.3 is 15.6 Å². The SMILES string of the molecule is CCC(C)(C)OCc1cccc(C(=O)O)c1N. The first-order valence-electron chi connectivity index (χ1n) is 5.62. The van der Waals surface area contributed by atoms with Crippen LogP contribution in [0.5, 0.6) is 0 Å². The molecule has 0 saturated heterocycles. The van der Waals surface area contributed by atoms with E-state index in [-0.39, 0.29) is 16.9 Å². The van der Waals surface area contributed by atoms with E-state index >= 15 is 0 Å². The molecule has 0 aliphatic carbocycles. The maximum atomic E-state index is 10.9. The summed E-state index contributed by atoms with van der Waals surface area (Å²) >= 11 is 0. The van der Waals surface area contributed by atoms with Gasteiger partial charge in [0.2, 0.25) is 0 Å². The molecule has 0 saturated carbocycles. The van der Waals surface area contributed by atoms with Crippen LogP contribution in [0.25, 0.3) is 0 Å². The van der Waals surface area contributed by atoms with E-state index in [2.05, 4.69) is 0 Å². The monoisotopic (exact) mass is 237 g/mol. The average Bonchev–Trinajstić information content (AvgIpc) is 2.27. The van der Waals surface area contributed by atoms with Crippen LogP contribution in [-0.2, 0) is 11.3 Å². The molecule has 0 heterocycles. The molecule has 0 unspecified atom stereocenters. The van der Waals surface area contributed by atoms with Crippen LogP contribution in [0.3, 0.4) is 0 Å². The second kappa shape index (κ2) is 5.19. The van der Waals surface area contributed by atoms with Crippen molar-refractivity contribution in [1.82, 2.24) is 0 Å². The summed E-state index contributed by atoms with van der Waals surface area (Å²) in [7, 11) is 0. The lowest BCUT2D eigenvalue weighted by Crippen LogP contribution is -2.23. The summed E-state index contributed by atoms with van der Waals surface area (Å²) in [6.07, 6.45) is 0.880. The second-order valence-electron chi connectivity index (χ2n) is 4.59. The first-order chi connectivity index (χ1) is 7.87. The zero-order valence-corrected chi connectivity index (χ0v) is 10.5. The summed E-state index contributed by atoms with van der Waals surface area (Å²) in [5, 5.41) is 8.94. The maximum absolute atomic E-state index is 10.9. The van der Waals surface area contributed by atoms with Crippen LogP contribution in [-0.4, -0.2) is 16.7 Å². The van der Waals surface area contributed by atoms with Gasteiger partial charge >= 0.3 is 5.97 Å². The Hall–Kier alpha value is -1.55. The van der Waals surface area contributed by atoms with E-state index in [0.717, 1.165) is 6.42 Å². The molecule has 0 aliphatic rings. The first kappa shape index (κ1) is 13.5. The summed E-state index contributed by atoms with van der Waals surface area (Å²) in [6.45, 7) is 6.35. The van der Waals surface area contributed by atoms with Crippen molar-refractivity contribution in [1.29, 1.82) is 0 Å². The minimum absolute atomic E-state index is 0.125. The number of nitrogen functional groups attached to an aromatic ring is 1. The van der Waals surface area contributed by atoms with Crippen LogP contribution in [0, 0.1) is 0 Å². The number of aromatic carboxylic acids is 1. The fourth-order valence-electron chi connectivity index (χ4n) is 1.30. The lowest BCUT2D eigenvalue weighted by atomic mass is 10.1. The quantitative estimate of drug-likeness (QED) is 0.772. The molecule has 0 aliphatic heterocycles. The fourth-order valence-corrected chi connectivity index (χ4v) is 1.30. The smallest absolute Gasteiger partial charge is 0.337 e. The summed E-state index contributed by atoms with van der Waals surface area (Å²) in [5.74, 6) is -1.01. The molecule has 4 nitrogen and oxygen atoms in total. The predicted molar refractivity (Wildman–Crippen MR) is 67.0 cm³/mol. The summed E-state index contributed by atoms with van der Waals surface area (Å²) < 4.78 is 5.71. The van der Waals surface area contributed by atoms with Crippen LogP contribution in [0.15, 0.2) is 18.2 Å². The Morgan fingerprint density at radius 2 is 2.12 bits per heavy atom. The van der Waals surface area contributed by atoms with Gasteiger partial charge in [0.25, 0.3) is 0 Å². The van der Waals surface area contributed by atoms with E-state index in [1.807, 2.05) is 20.8 Å². The molecule has 1 rings (SSSR count). The number of anilines is 1. The molecule has 0 fully saturated rings. The number of carboxylic acid groups (broad SMARTS) is 1. The molecule has 1 aromatic carbocycles. The number of ether oxygens (including phenoxy) is 1. The second-order valence-corrected chi connectivity index (χ2v) is 4.59. The van der Waals surface area contributed by atoms with Gasteiger partial charge in [-0.15, -0.1) is 0 Å². The molecule has 1 aromatic rings. The van der Waals surface area contributed by atoms with Crippen molar-refractivity contribution in [2.24, 2.45) is 0 Å². The van der Waals surface area contributed by atoms with Gasteiger partial charge in [0.05, 0.1) is 23.5 Å². The zero-order chi connectivity index (χ0) is 13.1. The number of hydrogen-bond acceptors (Lipinski definition) is 3. The lowest BCUT2D eigenvalue weighted by Gasteiger charge is -2.24. The molecule has 3 N–H and O–H groups in total. The van der Waals surface area contributed by atoms with E-state index in [1.165, 1.54) is 6.07 Å². The van der Waals surface area contributed by atoms with E-state index in [9.17, 15) is 4.79 Å². The van der Waals surface area contributed by atoms with Crippen molar-refractivity contribution in [3.8, 4) is 0 Å². The van der Waals surface area contributed by atoms with Gasteiger partial charge in [0.1, 0.15) is 0 Å². The van der Waals surface area contributed by atoms with Gasteiger partial charge in [-0.1, -0.05) is 19.1 Å². The topological polar surface area (TPSA) is 72.5 Å². The first-order valence-corrected chi connectivity index (χ1v) is 5.62. The molecule has 4 heteroatoms. The molecule has 0 radical (unpaired) electrons. The Labute approximate surface area is 101 Å². The van der Waals surface area contributed by atoms with Crippen LogP contribution in [0.4, 0.5) is 5.69 Å². The highest BCUT2D eigenvalue weighted by Crippen LogP contribution is 2.22. The molecule has 17 heavy (non-hydrogen) atoms. The number of nitrogens with two attached hydrogens (primary N) is 1. The van der Waals surface area contributed by atoms with Gasteiger partial charge in [0.15, 0.2) is 0 Å². The van der Waals surface area contributed by atoms with Crippen molar-refractivity contribution in [3.63, 3.8) is 0 Å². The van der Waals surface area contributed by atoms with Gasteiger partial charge in [-0.3, -0.25) is 0 Å². The normalized spacial score (nSPS) is 11.5. The van der Waals surface area contributed by atoms with Crippen molar-refractivity contribution in [3.05, 3.63) is 29.3 Å². The number of carbonyl (C=O) groups is 1. The largest absolute Gasteiger partial charge is 0.478 e. The van der Waals surface area contributed by atoms with E-state index in [1.54, 1.807) is 12.1 Å². The van der Waals surface area contributed by atoms with Crippen molar-refractivity contribution < 1.29 is 14.6 Å². The van der Waals surface area contributed by atoms with E-state index in [0.29, 0.717) is 12.2 Å². The zero-order valence-electron chi connectivity index (χ0n) is 10.5. The van der Waals surface area contributed by atoms with Crippen LogP contribution < -0.4 is 5.73 Å². The maximum Gasteiger partial charge on any atom is 0.337 e. The minimum atomic E-state index is -1.01. The molecule has 0 bridgehead atoms. The van der Waals surface area contributed by atoms with Gasteiger partial charge in [0, 0.05) is 5.56 Å². The number of benzene rings is 1. The Kier molecular flexibility index (Phi) is 4.12. The molecular weight excluding hydrogens is 218 g/mol. The van der Waals surface area contributed by atoms with Crippen molar-refractivity contribution in [2.75, 3.05) is 5.73 Å². The third-order valence-electron chi connectivity index (χ3n) is 2.90. The molecule has 0 amide bonds. The summed E-state index contributed by atoms with van der Waals surface area (Å²) in [6, 6.07) is 4.96. The van der Waals surface area contributed by atoms with Gasteiger partial charge in [-0.2, -0.15) is 0 Å². The highest BCUT2D eigenvalue weighted by molar-refractivity contribution is 5.94. The van der Waals surface area contributed by atoms with E-state index < -0.39 is 5.97 Å². The molecular formula is C13H19NO3. The molecule has 0 aromatic heterocycles. The Bertz CT molecular complexity index is 413. The van der Waals surface area contributed by atoms with Gasteiger partial charge in [-0.25, -0.2) is 4.79 Å². The number of para-hydroxylation sites is 1. The predicted octanol–water partition coefficient (Wildman–Crippen LogP) is 2.67. The number of carboxylic acids is 1. The highest BCUT2D eigenvalue weighted by Gasteiger charge is 2.17. The Morgan fingerprint density at radius 3 is 2.65 bits per heavy atom. The van der Waals surface area contributed by atoms with Crippen LogP contribution in [0.2, 0.25) is 0 Å². The third-order valence-corrected chi connectivity index (χ3v) is 2.90. The van der Waals surface area contributed by atoms with Crippen molar-refractivity contribution in [2.45, 2.75) is 39.4 Å². The Balaban J connectivity index is 2.86. The molecule has 0 spiro atoms. The van der Waals surface area contributed by atoms with E-state index in [4.69, 9.17) is 15.6 Å². The highest BCUT2D eigenvalue weighted by atomic mass is 16.5. The summed E-state index contributed by atoms with van der Waals surface area (Å²) in [5.41, 5.74) is 6.69. The van der Waals surface area contributed by atoms with Crippen LogP contribution in [0.1, 0.15) is 43.1 Å². The summed E-state index contributed by atoms with van der Waals surface area (Å²) in [4.78, 5) is 10.9.